The number of carbonyl (C=O) groups is 1. The largest absolute Gasteiger partial charge is 0.342 e. The number of carbonyl (C=O) groups excluding carboxylic acids is 1. The third-order valence-corrected chi connectivity index (χ3v) is 4.20. The molecule has 1 saturated carbocycles. The molecule has 3 nitrogen and oxygen atoms in total. The zero-order valence-electron chi connectivity index (χ0n) is 10.3. The normalized spacial score (nSPS) is 19.4. The van der Waals surface area contributed by atoms with E-state index in [1.807, 2.05) is 7.05 Å². The van der Waals surface area contributed by atoms with E-state index < -0.39 is 5.41 Å². The van der Waals surface area contributed by atoms with Crippen molar-refractivity contribution < 1.29 is 4.79 Å². The molecule has 1 fully saturated rings. The fourth-order valence-corrected chi connectivity index (χ4v) is 2.50. The summed E-state index contributed by atoms with van der Waals surface area (Å²) in [6, 6.07) is 2.44. The Kier molecular flexibility index (Phi) is 4.67. The SMILES string of the molecule is CSCCC(C)N(C)C(=O)C1(C#N)CCC1. The van der Waals surface area contributed by atoms with Crippen molar-refractivity contribution in [2.75, 3.05) is 19.1 Å². The van der Waals surface area contributed by atoms with Gasteiger partial charge >= 0.3 is 0 Å². The molecule has 0 aromatic carbocycles. The lowest BCUT2D eigenvalue weighted by Gasteiger charge is -2.38. The third-order valence-electron chi connectivity index (χ3n) is 3.55. The van der Waals surface area contributed by atoms with E-state index in [0.29, 0.717) is 0 Å². The van der Waals surface area contributed by atoms with Crippen molar-refractivity contribution in [2.24, 2.45) is 5.41 Å². The molecule has 1 amide bonds. The zero-order chi connectivity index (χ0) is 12.2. The zero-order valence-corrected chi connectivity index (χ0v) is 11.1. The molecule has 0 aromatic heterocycles. The fourth-order valence-electron chi connectivity index (χ4n) is 1.92. The van der Waals surface area contributed by atoms with Gasteiger partial charge in [0.05, 0.1) is 6.07 Å². The maximum Gasteiger partial charge on any atom is 0.243 e. The Morgan fingerprint density at radius 3 is 2.62 bits per heavy atom. The first-order valence-electron chi connectivity index (χ1n) is 5.75. The smallest absolute Gasteiger partial charge is 0.243 e. The Labute approximate surface area is 102 Å². The number of hydrogen-bond donors (Lipinski definition) is 0. The van der Waals surface area contributed by atoms with Crippen molar-refractivity contribution in [3.63, 3.8) is 0 Å². The molecular weight excluding hydrogens is 220 g/mol. The second-order valence-corrected chi connectivity index (χ2v) is 5.58. The van der Waals surface area contributed by atoms with Crippen molar-refractivity contribution >= 4 is 17.7 Å². The van der Waals surface area contributed by atoms with Crippen LogP contribution >= 0.6 is 11.8 Å². The quantitative estimate of drug-likeness (QED) is 0.740. The van der Waals surface area contributed by atoms with Crippen molar-refractivity contribution in [2.45, 2.75) is 38.6 Å². The van der Waals surface area contributed by atoms with Crippen molar-refractivity contribution in [3.8, 4) is 6.07 Å². The summed E-state index contributed by atoms with van der Waals surface area (Å²) in [5.74, 6) is 1.08. The minimum atomic E-state index is -0.692. The molecule has 1 aliphatic rings. The molecule has 0 N–H and O–H groups in total. The van der Waals surface area contributed by atoms with Crippen LogP contribution in [0.1, 0.15) is 32.6 Å². The lowest BCUT2D eigenvalue weighted by atomic mass is 9.69. The van der Waals surface area contributed by atoms with E-state index in [1.165, 1.54) is 0 Å². The lowest BCUT2D eigenvalue weighted by Crippen LogP contribution is -2.48. The summed E-state index contributed by atoms with van der Waals surface area (Å²) in [6.07, 6.45) is 5.54. The summed E-state index contributed by atoms with van der Waals surface area (Å²) in [6.45, 7) is 2.05. The Morgan fingerprint density at radius 2 is 2.25 bits per heavy atom. The molecule has 0 aliphatic heterocycles. The summed E-state index contributed by atoms with van der Waals surface area (Å²) in [4.78, 5) is 13.9. The Hall–Kier alpha value is -0.690. The lowest BCUT2D eigenvalue weighted by molar-refractivity contribution is -0.143. The Bertz CT molecular complexity index is 294. The minimum Gasteiger partial charge on any atom is -0.342 e. The summed E-state index contributed by atoms with van der Waals surface area (Å²) >= 11 is 1.79. The van der Waals surface area contributed by atoms with Crippen molar-refractivity contribution in [3.05, 3.63) is 0 Å². The summed E-state index contributed by atoms with van der Waals surface area (Å²) < 4.78 is 0. The van der Waals surface area contributed by atoms with Gasteiger partial charge in [-0.3, -0.25) is 4.79 Å². The van der Waals surface area contributed by atoms with Crippen LogP contribution in [0, 0.1) is 16.7 Å². The standard InChI is InChI=1S/C12H20N2OS/c1-10(5-8-16-3)14(2)11(15)12(9-13)6-4-7-12/h10H,4-8H2,1-3H3. The van der Waals surface area contributed by atoms with Gasteiger partial charge in [0.1, 0.15) is 5.41 Å². The number of hydrogen-bond acceptors (Lipinski definition) is 3. The first-order valence-corrected chi connectivity index (χ1v) is 7.14. The van der Waals surface area contributed by atoms with Crippen molar-refractivity contribution in [1.82, 2.24) is 4.90 Å². The van der Waals surface area contributed by atoms with Gasteiger partial charge in [0.15, 0.2) is 0 Å². The van der Waals surface area contributed by atoms with E-state index in [2.05, 4.69) is 19.2 Å². The van der Waals surface area contributed by atoms with Gasteiger partial charge in [-0.25, -0.2) is 0 Å². The number of nitriles is 1. The van der Waals surface area contributed by atoms with Gasteiger partial charge in [-0.15, -0.1) is 0 Å². The Balaban J connectivity index is 2.56. The van der Waals surface area contributed by atoms with Gasteiger partial charge in [0.25, 0.3) is 0 Å². The maximum atomic E-state index is 12.2. The van der Waals surface area contributed by atoms with E-state index in [1.54, 1.807) is 16.7 Å². The molecule has 0 spiro atoms. The molecule has 1 aliphatic carbocycles. The number of amides is 1. The van der Waals surface area contributed by atoms with Gasteiger partial charge in [0.2, 0.25) is 5.91 Å². The van der Waals surface area contributed by atoms with E-state index >= 15 is 0 Å². The molecule has 0 radical (unpaired) electrons. The van der Waals surface area contributed by atoms with E-state index in [-0.39, 0.29) is 11.9 Å². The van der Waals surface area contributed by atoms with Crippen molar-refractivity contribution in [1.29, 1.82) is 5.26 Å². The van der Waals surface area contributed by atoms with E-state index in [0.717, 1.165) is 31.4 Å². The average Bonchev–Trinajstić information content (AvgIpc) is 2.23. The fraction of sp³-hybridized carbons (Fsp3) is 0.833. The molecule has 0 aromatic rings. The highest BCUT2D eigenvalue weighted by Crippen LogP contribution is 2.42. The predicted molar refractivity (Wildman–Crippen MR) is 67.1 cm³/mol. The predicted octanol–water partition coefficient (Wildman–Crippen LogP) is 2.28. The highest BCUT2D eigenvalue weighted by molar-refractivity contribution is 7.98. The Morgan fingerprint density at radius 1 is 1.62 bits per heavy atom. The van der Waals surface area contributed by atoms with Gasteiger partial charge in [-0.2, -0.15) is 17.0 Å². The van der Waals surface area contributed by atoms with Gasteiger partial charge in [-0.1, -0.05) is 0 Å². The first-order chi connectivity index (χ1) is 7.57. The summed E-state index contributed by atoms with van der Waals surface area (Å²) in [7, 11) is 1.82. The number of rotatable bonds is 5. The molecule has 16 heavy (non-hydrogen) atoms. The average molecular weight is 240 g/mol. The van der Waals surface area contributed by atoms with Crippen LogP contribution < -0.4 is 0 Å². The van der Waals surface area contributed by atoms with Crippen LogP contribution in [-0.2, 0) is 4.79 Å². The molecule has 0 heterocycles. The molecule has 4 heteroatoms. The van der Waals surface area contributed by atoms with Crippen LogP contribution in [0.5, 0.6) is 0 Å². The maximum absolute atomic E-state index is 12.2. The molecule has 1 atom stereocenters. The second-order valence-electron chi connectivity index (χ2n) is 4.59. The monoisotopic (exact) mass is 240 g/mol. The minimum absolute atomic E-state index is 0.0230. The summed E-state index contributed by atoms with van der Waals surface area (Å²) in [5.41, 5.74) is -0.692. The van der Waals surface area contributed by atoms with Crippen LogP contribution in [0.25, 0.3) is 0 Å². The molecule has 0 saturated heterocycles. The van der Waals surface area contributed by atoms with Crippen LogP contribution in [0.4, 0.5) is 0 Å². The van der Waals surface area contributed by atoms with Gasteiger partial charge in [-0.05, 0) is 44.6 Å². The molecule has 0 bridgehead atoms. The van der Waals surface area contributed by atoms with E-state index in [4.69, 9.17) is 5.26 Å². The van der Waals surface area contributed by atoms with E-state index in [9.17, 15) is 4.79 Å². The molecular formula is C12H20N2OS. The third kappa shape index (κ3) is 2.52. The topological polar surface area (TPSA) is 44.1 Å². The number of nitrogens with zero attached hydrogens (tertiary/aromatic N) is 2. The van der Waals surface area contributed by atoms with Gasteiger partial charge in [0, 0.05) is 13.1 Å². The van der Waals surface area contributed by atoms with Gasteiger partial charge < -0.3 is 4.90 Å². The molecule has 1 unspecified atom stereocenters. The number of thioether (sulfide) groups is 1. The van der Waals surface area contributed by atoms with Crippen LogP contribution in [-0.4, -0.2) is 35.9 Å². The highest BCUT2D eigenvalue weighted by atomic mass is 32.2. The highest BCUT2D eigenvalue weighted by Gasteiger charge is 2.46. The first kappa shape index (κ1) is 13.4. The molecule has 90 valence electrons. The van der Waals surface area contributed by atoms with Crippen LogP contribution in [0.3, 0.4) is 0 Å². The van der Waals surface area contributed by atoms with Crippen LogP contribution in [0.15, 0.2) is 0 Å². The summed E-state index contributed by atoms with van der Waals surface area (Å²) in [5, 5.41) is 9.11. The van der Waals surface area contributed by atoms with Crippen LogP contribution in [0.2, 0.25) is 0 Å². The molecule has 1 rings (SSSR count). The second kappa shape index (κ2) is 5.58.